The Morgan fingerprint density at radius 2 is 1.97 bits per heavy atom. The van der Waals surface area contributed by atoms with Crippen molar-refractivity contribution in [3.05, 3.63) is 63.9 Å². The van der Waals surface area contributed by atoms with E-state index < -0.39 is 5.92 Å². The molecule has 9 heteroatoms. The summed E-state index contributed by atoms with van der Waals surface area (Å²) in [6, 6.07) is 11.3. The zero-order chi connectivity index (χ0) is 23.5. The van der Waals surface area contributed by atoms with Crippen molar-refractivity contribution in [2.75, 3.05) is 16.8 Å². The molecule has 2 amide bonds. The van der Waals surface area contributed by atoms with E-state index in [9.17, 15) is 9.59 Å². The summed E-state index contributed by atoms with van der Waals surface area (Å²) in [5.41, 5.74) is 2.75. The first-order chi connectivity index (χ1) is 15.9. The summed E-state index contributed by atoms with van der Waals surface area (Å²) < 4.78 is 1.47. The van der Waals surface area contributed by atoms with E-state index in [2.05, 4.69) is 34.5 Å². The van der Waals surface area contributed by atoms with Gasteiger partial charge < -0.3 is 10.2 Å². The van der Waals surface area contributed by atoms with Gasteiger partial charge in [-0.15, -0.1) is 0 Å². The minimum atomic E-state index is -0.477. The molecule has 3 aromatic rings. The van der Waals surface area contributed by atoms with E-state index in [0.29, 0.717) is 33.9 Å². The molecule has 2 aromatic heterocycles. The van der Waals surface area contributed by atoms with Crippen LogP contribution in [0.5, 0.6) is 0 Å². The molecule has 0 aliphatic carbocycles. The van der Waals surface area contributed by atoms with Crippen molar-refractivity contribution in [2.24, 2.45) is 5.92 Å². The molecule has 172 valence electrons. The molecule has 1 unspecified atom stereocenters. The Morgan fingerprint density at radius 3 is 2.67 bits per heavy atom. The summed E-state index contributed by atoms with van der Waals surface area (Å²) in [5.74, 6) is -0.00747. The average Bonchev–Trinajstić information content (AvgIpc) is 3.35. The lowest BCUT2D eigenvalue weighted by atomic mass is 10.1. The number of halogens is 2. The summed E-state index contributed by atoms with van der Waals surface area (Å²) in [5, 5.41) is 8.00. The van der Waals surface area contributed by atoms with Crippen LogP contribution in [0.2, 0.25) is 10.0 Å². The zero-order valence-corrected chi connectivity index (χ0v) is 20.0. The van der Waals surface area contributed by atoms with E-state index in [4.69, 9.17) is 23.2 Å². The second-order valence-electron chi connectivity index (χ2n) is 8.21. The monoisotopic (exact) mass is 485 g/mol. The number of nitrogens with zero attached hydrogens (tertiary/aromatic N) is 4. The van der Waals surface area contributed by atoms with Crippen molar-refractivity contribution in [3.63, 3.8) is 0 Å². The summed E-state index contributed by atoms with van der Waals surface area (Å²) in [7, 11) is 0. The van der Waals surface area contributed by atoms with Crippen LogP contribution in [0.15, 0.2) is 42.6 Å². The van der Waals surface area contributed by atoms with E-state index >= 15 is 0 Å². The minimum absolute atomic E-state index is 0.0661. The molecule has 0 saturated carbocycles. The van der Waals surface area contributed by atoms with Crippen molar-refractivity contribution in [1.82, 2.24) is 14.8 Å². The highest BCUT2D eigenvalue weighted by atomic mass is 35.5. The van der Waals surface area contributed by atoms with Gasteiger partial charge in [0.15, 0.2) is 5.82 Å². The van der Waals surface area contributed by atoms with Crippen LogP contribution >= 0.6 is 23.2 Å². The van der Waals surface area contributed by atoms with Crippen molar-refractivity contribution in [1.29, 1.82) is 0 Å². The Balaban J connectivity index is 1.47. The third-order valence-electron chi connectivity index (χ3n) is 5.63. The first kappa shape index (κ1) is 23.3. The molecule has 7 nitrogen and oxygen atoms in total. The number of carbonyl (C=O) groups excluding carboxylic acids is 2. The van der Waals surface area contributed by atoms with Crippen molar-refractivity contribution in [3.8, 4) is 5.82 Å². The number of unbranched alkanes of at least 4 members (excludes halogenated alkanes) is 1. The first-order valence-electron chi connectivity index (χ1n) is 10.9. The Hall–Kier alpha value is -2.90. The van der Waals surface area contributed by atoms with E-state index in [1.165, 1.54) is 16.4 Å². The summed E-state index contributed by atoms with van der Waals surface area (Å²) in [6.07, 6.45) is 4.91. The highest BCUT2D eigenvalue weighted by Crippen LogP contribution is 2.28. The van der Waals surface area contributed by atoms with Crippen LogP contribution in [0.1, 0.15) is 37.4 Å². The number of anilines is 2. The van der Waals surface area contributed by atoms with Gasteiger partial charge in [-0.25, -0.2) is 4.98 Å². The highest BCUT2D eigenvalue weighted by molar-refractivity contribution is 6.35. The van der Waals surface area contributed by atoms with Crippen LogP contribution in [0.4, 0.5) is 11.5 Å². The molecule has 1 aliphatic heterocycles. The van der Waals surface area contributed by atoms with Crippen LogP contribution in [0, 0.1) is 12.8 Å². The Kier molecular flexibility index (Phi) is 7.00. The van der Waals surface area contributed by atoms with E-state index in [-0.39, 0.29) is 18.2 Å². The molecule has 1 atom stereocenters. The van der Waals surface area contributed by atoms with Gasteiger partial charge in [0.1, 0.15) is 5.82 Å². The predicted molar refractivity (Wildman–Crippen MR) is 130 cm³/mol. The van der Waals surface area contributed by atoms with Gasteiger partial charge in [0.05, 0.1) is 21.7 Å². The number of aromatic nitrogens is 3. The smallest absolute Gasteiger partial charge is 0.230 e. The average molecular weight is 486 g/mol. The van der Waals surface area contributed by atoms with Crippen LogP contribution < -0.4 is 10.2 Å². The van der Waals surface area contributed by atoms with Gasteiger partial charge in [0, 0.05) is 30.9 Å². The number of aryl methyl sites for hydroxylation is 2. The van der Waals surface area contributed by atoms with Gasteiger partial charge in [-0.3, -0.25) is 9.59 Å². The number of rotatable bonds is 7. The van der Waals surface area contributed by atoms with E-state index in [0.717, 1.165) is 24.9 Å². The molecule has 1 fully saturated rings. The molecule has 1 aliphatic rings. The number of amides is 2. The highest BCUT2D eigenvalue weighted by Gasteiger charge is 2.35. The van der Waals surface area contributed by atoms with Crippen molar-refractivity contribution in [2.45, 2.75) is 39.5 Å². The summed E-state index contributed by atoms with van der Waals surface area (Å²) >= 11 is 12.2. The lowest BCUT2D eigenvalue weighted by Gasteiger charge is -2.17. The largest absolute Gasteiger partial charge is 0.312 e. The number of benzene rings is 1. The van der Waals surface area contributed by atoms with Gasteiger partial charge in [-0.05, 0) is 43.5 Å². The normalized spacial score (nSPS) is 15.8. The minimum Gasteiger partial charge on any atom is -0.312 e. The zero-order valence-electron chi connectivity index (χ0n) is 18.5. The van der Waals surface area contributed by atoms with Crippen LogP contribution in [0.25, 0.3) is 5.82 Å². The number of hydrogen-bond donors (Lipinski definition) is 1. The molecule has 1 N–H and O–H groups in total. The van der Waals surface area contributed by atoms with E-state index in [1.54, 1.807) is 24.0 Å². The third-order valence-corrected chi connectivity index (χ3v) is 6.12. The Labute approximate surface area is 202 Å². The summed E-state index contributed by atoms with van der Waals surface area (Å²) in [6.45, 7) is 4.30. The van der Waals surface area contributed by atoms with Crippen LogP contribution in [-0.4, -0.2) is 33.1 Å². The molecule has 33 heavy (non-hydrogen) atoms. The number of hydrogen-bond acceptors (Lipinski definition) is 4. The molecule has 0 radical (unpaired) electrons. The molecular formula is C24H25Cl2N5O2. The van der Waals surface area contributed by atoms with Crippen molar-refractivity contribution >= 4 is 46.5 Å². The van der Waals surface area contributed by atoms with Gasteiger partial charge >= 0.3 is 0 Å². The van der Waals surface area contributed by atoms with Gasteiger partial charge in [0.2, 0.25) is 11.8 Å². The van der Waals surface area contributed by atoms with Gasteiger partial charge in [0.25, 0.3) is 0 Å². The molecule has 3 heterocycles. The lowest BCUT2D eigenvalue weighted by Crippen LogP contribution is -2.28. The predicted octanol–water partition coefficient (Wildman–Crippen LogP) is 5.22. The molecule has 0 bridgehead atoms. The lowest BCUT2D eigenvalue weighted by molar-refractivity contribution is -0.122. The fourth-order valence-corrected chi connectivity index (χ4v) is 4.36. The quantitative estimate of drug-likeness (QED) is 0.497. The third kappa shape index (κ3) is 5.20. The number of nitrogens with one attached hydrogen (secondary N) is 1. The number of pyridine rings is 1. The van der Waals surface area contributed by atoms with Gasteiger partial charge in [-0.2, -0.15) is 9.78 Å². The maximum absolute atomic E-state index is 13.0. The molecule has 4 rings (SSSR count). The molecular weight excluding hydrogens is 461 g/mol. The second kappa shape index (κ2) is 9.93. The second-order valence-corrected chi connectivity index (χ2v) is 9.05. The van der Waals surface area contributed by atoms with Crippen molar-refractivity contribution < 1.29 is 9.59 Å². The fourth-order valence-electron chi connectivity index (χ4n) is 3.90. The fraction of sp³-hybridized carbons (Fsp3) is 0.333. The molecule has 0 spiro atoms. The standard InChI is InChI=1S/C24H25Cl2N5O2/c1-3-4-5-16-6-8-19(9-7-16)30-14-17(11-22(30)32)24(33)28-21-10-15(2)29-31(21)23-20(26)12-18(25)13-27-23/h6-10,12-13,17H,3-5,11,14H2,1-2H3,(H,28,33). The summed E-state index contributed by atoms with van der Waals surface area (Å²) in [4.78, 5) is 31.6. The topological polar surface area (TPSA) is 80.1 Å². The molecule has 1 aromatic carbocycles. The maximum Gasteiger partial charge on any atom is 0.230 e. The van der Waals surface area contributed by atoms with Crippen LogP contribution in [-0.2, 0) is 16.0 Å². The van der Waals surface area contributed by atoms with E-state index in [1.807, 2.05) is 12.1 Å². The maximum atomic E-state index is 13.0. The molecule has 1 saturated heterocycles. The first-order valence-corrected chi connectivity index (χ1v) is 11.7. The van der Waals surface area contributed by atoms with Gasteiger partial charge in [-0.1, -0.05) is 48.7 Å². The Bertz CT molecular complexity index is 1180. The number of carbonyl (C=O) groups is 2. The Morgan fingerprint density at radius 1 is 1.21 bits per heavy atom. The SMILES string of the molecule is CCCCc1ccc(N2CC(C(=O)Nc3cc(C)nn3-c3ncc(Cl)cc3Cl)CC2=O)cc1. The van der Waals surface area contributed by atoms with Crippen LogP contribution in [0.3, 0.4) is 0 Å².